The molecule has 22 heavy (non-hydrogen) atoms. The highest BCUT2D eigenvalue weighted by Gasteiger charge is 2.50. The van der Waals surface area contributed by atoms with Crippen LogP contribution < -0.4 is 5.73 Å². The molecule has 3 heterocycles. The topological polar surface area (TPSA) is 85.8 Å². The van der Waals surface area contributed by atoms with Crippen molar-refractivity contribution in [1.82, 2.24) is 4.90 Å². The van der Waals surface area contributed by atoms with Crippen molar-refractivity contribution >= 4 is 11.8 Å². The predicted molar refractivity (Wildman–Crippen MR) is 79.2 cm³/mol. The van der Waals surface area contributed by atoms with Gasteiger partial charge in [0.1, 0.15) is 11.8 Å². The lowest BCUT2D eigenvalue weighted by Crippen LogP contribution is -2.61. The van der Waals surface area contributed by atoms with Crippen molar-refractivity contribution in [2.24, 2.45) is 11.1 Å². The highest BCUT2D eigenvalue weighted by Crippen LogP contribution is 2.44. The number of nitrogens with two attached hydrogens (primary N) is 1. The van der Waals surface area contributed by atoms with E-state index in [4.69, 9.17) is 14.9 Å². The average Bonchev–Trinajstić information content (AvgIpc) is 2.93. The zero-order valence-corrected chi connectivity index (χ0v) is 12.8. The van der Waals surface area contributed by atoms with Gasteiger partial charge in [0.2, 0.25) is 5.91 Å². The molecule has 2 N–H and O–H groups in total. The third kappa shape index (κ3) is 2.41. The number of ether oxygens (including phenoxy) is 1. The van der Waals surface area contributed by atoms with Crippen LogP contribution in [0.2, 0.25) is 0 Å². The number of hydrogen-bond acceptors (Lipinski definition) is 4. The maximum Gasteiger partial charge on any atom is 0.258 e. The molecule has 1 spiro atoms. The molecule has 6 heteroatoms. The molecule has 1 atom stereocenters. The summed E-state index contributed by atoms with van der Waals surface area (Å²) >= 11 is 0. The lowest BCUT2D eigenvalue weighted by atomic mass is 9.67. The van der Waals surface area contributed by atoms with Crippen molar-refractivity contribution in [3.63, 3.8) is 0 Å². The number of piperidine rings is 1. The molecule has 120 valence electrons. The van der Waals surface area contributed by atoms with Gasteiger partial charge in [-0.1, -0.05) is 0 Å². The van der Waals surface area contributed by atoms with E-state index in [0.29, 0.717) is 31.1 Å². The number of carbonyl (C=O) groups excluding carboxylic acids is 2. The smallest absolute Gasteiger partial charge is 0.258 e. The minimum atomic E-state index is -0.563. The first-order valence-electron chi connectivity index (χ1n) is 7.77. The van der Waals surface area contributed by atoms with Crippen LogP contribution in [0.3, 0.4) is 0 Å². The van der Waals surface area contributed by atoms with E-state index in [1.54, 1.807) is 17.9 Å². The zero-order valence-electron chi connectivity index (χ0n) is 12.8. The van der Waals surface area contributed by atoms with Crippen LogP contribution >= 0.6 is 0 Å². The first kappa shape index (κ1) is 15.1. The highest BCUT2D eigenvalue weighted by atomic mass is 16.5. The summed E-state index contributed by atoms with van der Waals surface area (Å²) in [5, 5.41) is 0. The Balaban J connectivity index is 1.94. The van der Waals surface area contributed by atoms with Gasteiger partial charge in [-0.05, 0) is 38.7 Å². The van der Waals surface area contributed by atoms with Crippen molar-refractivity contribution < 1.29 is 18.7 Å². The molecule has 0 radical (unpaired) electrons. The molecular formula is C16H22N2O4. The fraction of sp³-hybridized carbons (Fsp3) is 0.625. The van der Waals surface area contributed by atoms with Gasteiger partial charge in [0.25, 0.3) is 5.91 Å². The number of aryl methyl sites for hydroxylation is 1. The summed E-state index contributed by atoms with van der Waals surface area (Å²) in [5.41, 5.74) is 5.96. The van der Waals surface area contributed by atoms with Gasteiger partial charge in [0.05, 0.1) is 11.8 Å². The van der Waals surface area contributed by atoms with E-state index < -0.39 is 11.9 Å². The average molecular weight is 306 g/mol. The lowest BCUT2D eigenvalue weighted by Gasteiger charge is -2.50. The molecule has 2 aliphatic heterocycles. The SMILES string of the molecule is Cc1occc1C(=O)N1CCCC2(CCOCC2)C1C(N)=O. The Morgan fingerprint density at radius 1 is 1.32 bits per heavy atom. The first-order valence-corrected chi connectivity index (χ1v) is 7.77. The maximum absolute atomic E-state index is 12.8. The van der Waals surface area contributed by atoms with Gasteiger partial charge in [-0.25, -0.2) is 0 Å². The number of rotatable bonds is 2. The summed E-state index contributed by atoms with van der Waals surface area (Å²) in [7, 11) is 0. The van der Waals surface area contributed by atoms with Crippen LogP contribution in [0.25, 0.3) is 0 Å². The van der Waals surface area contributed by atoms with Gasteiger partial charge in [0.15, 0.2) is 0 Å². The first-order chi connectivity index (χ1) is 10.6. The second-order valence-electron chi connectivity index (χ2n) is 6.27. The number of carbonyl (C=O) groups is 2. The molecule has 2 amide bonds. The quantitative estimate of drug-likeness (QED) is 0.896. The van der Waals surface area contributed by atoms with E-state index in [0.717, 1.165) is 25.7 Å². The fourth-order valence-corrected chi connectivity index (χ4v) is 3.93. The Morgan fingerprint density at radius 2 is 2.05 bits per heavy atom. The number of amides is 2. The van der Waals surface area contributed by atoms with Crippen molar-refractivity contribution in [3.05, 3.63) is 23.7 Å². The van der Waals surface area contributed by atoms with Gasteiger partial charge in [-0.2, -0.15) is 0 Å². The molecular weight excluding hydrogens is 284 g/mol. The third-order valence-corrected chi connectivity index (χ3v) is 5.07. The molecule has 0 aromatic carbocycles. The third-order valence-electron chi connectivity index (χ3n) is 5.07. The van der Waals surface area contributed by atoms with Crippen LogP contribution in [0, 0.1) is 12.3 Å². The van der Waals surface area contributed by atoms with Gasteiger partial charge >= 0.3 is 0 Å². The van der Waals surface area contributed by atoms with Gasteiger partial charge in [-0.3, -0.25) is 9.59 Å². The number of likely N-dealkylation sites (tertiary alicyclic amines) is 1. The molecule has 1 aromatic heterocycles. The summed E-state index contributed by atoms with van der Waals surface area (Å²) in [6.07, 6.45) is 4.84. The molecule has 1 aromatic rings. The molecule has 6 nitrogen and oxygen atoms in total. The minimum absolute atomic E-state index is 0.166. The molecule has 0 aliphatic carbocycles. The number of hydrogen-bond donors (Lipinski definition) is 1. The van der Waals surface area contributed by atoms with Crippen LogP contribution in [0.1, 0.15) is 41.8 Å². The van der Waals surface area contributed by atoms with Crippen molar-refractivity contribution in [1.29, 1.82) is 0 Å². The Hall–Kier alpha value is -1.82. The molecule has 2 saturated heterocycles. The number of furan rings is 1. The normalized spacial score (nSPS) is 24.4. The molecule has 0 bridgehead atoms. The Kier molecular flexibility index (Phi) is 3.95. The van der Waals surface area contributed by atoms with Gasteiger partial charge in [-0.15, -0.1) is 0 Å². The Labute approximate surface area is 129 Å². The van der Waals surface area contributed by atoms with Crippen molar-refractivity contribution in [3.8, 4) is 0 Å². The standard InChI is InChI=1S/C16H22N2O4/c1-11-12(3-8-22-11)15(20)18-7-2-4-16(13(18)14(17)19)5-9-21-10-6-16/h3,8,13H,2,4-7,9-10H2,1H3,(H2,17,19). The summed E-state index contributed by atoms with van der Waals surface area (Å²) in [6, 6.07) is 1.09. The van der Waals surface area contributed by atoms with Crippen LogP contribution in [-0.2, 0) is 9.53 Å². The maximum atomic E-state index is 12.8. The predicted octanol–water partition coefficient (Wildman–Crippen LogP) is 1.47. The summed E-state index contributed by atoms with van der Waals surface area (Å²) in [5.74, 6) is -0.0171. The largest absolute Gasteiger partial charge is 0.469 e. The van der Waals surface area contributed by atoms with E-state index in [1.807, 2.05) is 0 Å². The van der Waals surface area contributed by atoms with E-state index in [9.17, 15) is 9.59 Å². The van der Waals surface area contributed by atoms with Gasteiger partial charge < -0.3 is 19.8 Å². The molecule has 3 rings (SSSR count). The number of primary amides is 1. The van der Waals surface area contributed by atoms with E-state index in [-0.39, 0.29) is 11.3 Å². The summed E-state index contributed by atoms with van der Waals surface area (Å²) in [4.78, 5) is 26.7. The van der Waals surface area contributed by atoms with Crippen LogP contribution in [-0.4, -0.2) is 42.5 Å². The van der Waals surface area contributed by atoms with Gasteiger partial charge in [0, 0.05) is 25.2 Å². The Bertz CT molecular complexity index is 569. The highest BCUT2D eigenvalue weighted by molar-refractivity contribution is 5.98. The fourth-order valence-electron chi connectivity index (χ4n) is 3.93. The van der Waals surface area contributed by atoms with Crippen molar-refractivity contribution in [2.45, 2.75) is 38.6 Å². The van der Waals surface area contributed by atoms with E-state index >= 15 is 0 Å². The van der Waals surface area contributed by atoms with Crippen LogP contribution in [0.15, 0.2) is 16.7 Å². The zero-order chi connectivity index (χ0) is 15.7. The summed E-state index contributed by atoms with van der Waals surface area (Å²) in [6.45, 7) is 3.55. The summed E-state index contributed by atoms with van der Waals surface area (Å²) < 4.78 is 10.7. The van der Waals surface area contributed by atoms with Crippen LogP contribution in [0.5, 0.6) is 0 Å². The second-order valence-corrected chi connectivity index (χ2v) is 6.27. The molecule has 1 unspecified atom stereocenters. The molecule has 2 aliphatic rings. The van der Waals surface area contributed by atoms with Crippen molar-refractivity contribution in [2.75, 3.05) is 19.8 Å². The Morgan fingerprint density at radius 3 is 2.64 bits per heavy atom. The molecule has 0 saturated carbocycles. The lowest BCUT2D eigenvalue weighted by molar-refractivity contribution is -0.134. The van der Waals surface area contributed by atoms with E-state index in [2.05, 4.69) is 0 Å². The molecule has 2 fully saturated rings. The van der Waals surface area contributed by atoms with Crippen LogP contribution in [0.4, 0.5) is 0 Å². The monoisotopic (exact) mass is 306 g/mol. The minimum Gasteiger partial charge on any atom is -0.469 e. The number of nitrogens with zero attached hydrogens (tertiary/aromatic N) is 1. The van der Waals surface area contributed by atoms with E-state index in [1.165, 1.54) is 6.26 Å². The second kappa shape index (κ2) is 5.76.